The average molecular weight is 279 g/mol. The van der Waals surface area contributed by atoms with Gasteiger partial charge in [-0.1, -0.05) is 0 Å². The lowest BCUT2D eigenvalue weighted by Gasteiger charge is -2.22. The molecule has 0 aliphatic carbocycles. The number of carbonyl (C=O) groups excluding carboxylic acids is 2. The first kappa shape index (κ1) is 15.6. The van der Waals surface area contributed by atoms with Crippen LogP contribution in [0.5, 0.6) is 0 Å². The van der Waals surface area contributed by atoms with Gasteiger partial charge < -0.3 is 15.7 Å². The van der Waals surface area contributed by atoms with Crippen molar-refractivity contribution in [1.29, 1.82) is 0 Å². The SMILES string of the molecule is CNC(=O)C(C)(C)CNC(=O)c1ccnc(C(=O)O)c1. The van der Waals surface area contributed by atoms with E-state index >= 15 is 0 Å². The standard InChI is InChI=1S/C13H17N3O4/c1-13(2,12(20)14-3)7-16-10(17)8-4-5-15-9(6-8)11(18)19/h4-6H,7H2,1-3H3,(H,14,20)(H,16,17)(H,18,19). The zero-order valence-electron chi connectivity index (χ0n) is 11.6. The number of nitrogens with zero attached hydrogens (tertiary/aromatic N) is 1. The summed E-state index contributed by atoms with van der Waals surface area (Å²) in [6.07, 6.45) is 1.25. The summed E-state index contributed by atoms with van der Waals surface area (Å²) < 4.78 is 0. The Kier molecular flexibility index (Phi) is 4.79. The van der Waals surface area contributed by atoms with Gasteiger partial charge in [-0.15, -0.1) is 0 Å². The number of rotatable bonds is 5. The minimum atomic E-state index is -1.20. The number of carboxylic acids is 1. The molecule has 7 heteroatoms. The molecule has 2 amide bonds. The average Bonchev–Trinajstić information content (AvgIpc) is 2.43. The highest BCUT2D eigenvalue weighted by molar-refractivity contribution is 5.97. The van der Waals surface area contributed by atoms with Gasteiger partial charge in [0.25, 0.3) is 5.91 Å². The van der Waals surface area contributed by atoms with Crippen LogP contribution in [0.2, 0.25) is 0 Å². The second-order valence-electron chi connectivity index (χ2n) is 4.88. The molecule has 1 aromatic heterocycles. The van der Waals surface area contributed by atoms with Crippen molar-refractivity contribution >= 4 is 17.8 Å². The van der Waals surface area contributed by atoms with E-state index in [1.165, 1.54) is 25.4 Å². The maximum absolute atomic E-state index is 11.9. The van der Waals surface area contributed by atoms with E-state index < -0.39 is 17.3 Å². The fraction of sp³-hybridized carbons (Fsp3) is 0.385. The van der Waals surface area contributed by atoms with Crippen LogP contribution >= 0.6 is 0 Å². The number of carboxylic acid groups (broad SMARTS) is 1. The Morgan fingerprint density at radius 1 is 1.35 bits per heavy atom. The first-order chi connectivity index (χ1) is 9.27. The van der Waals surface area contributed by atoms with Gasteiger partial charge in [0.05, 0.1) is 5.41 Å². The first-order valence-corrected chi connectivity index (χ1v) is 5.97. The highest BCUT2D eigenvalue weighted by Gasteiger charge is 2.27. The summed E-state index contributed by atoms with van der Waals surface area (Å²) in [5.74, 6) is -1.85. The van der Waals surface area contributed by atoms with E-state index in [0.717, 1.165) is 0 Å². The molecule has 7 nitrogen and oxygen atoms in total. The zero-order valence-corrected chi connectivity index (χ0v) is 11.6. The summed E-state index contributed by atoms with van der Waals surface area (Å²) >= 11 is 0. The first-order valence-electron chi connectivity index (χ1n) is 5.97. The molecule has 0 saturated carbocycles. The van der Waals surface area contributed by atoms with Crippen molar-refractivity contribution in [3.63, 3.8) is 0 Å². The summed E-state index contributed by atoms with van der Waals surface area (Å²) in [6, 6.07) is 2.60. The van der Waals surface area contributed by atoms with Crippen molar-refractivity contribution in [3.8, 4) is 0 Å². The predicted molar refractivity (Wildman–Crippen MR) is 71.4 cm³/mol. The van der Waals surface area contributed by atoms with Gasteiger partial charge in [-0.2, -0.15) is 0 Å². The molecule has 3 N–H and O–H groups in total. The normalized spacial score (nSPS) is 10.8. The van der Waals surface area contributed by atoms with E-state index in [2.05, 4.69) is 15.6 Å². The fourth-order valence-electron chi connectivity index (χ4n) is 1.51. The number of aromatic carboxylic acids is 1. The van der Waals surface area contributed by atoms with Crippen molar-refractivity contribution in [2.24, 2.45) is 5.41 Å². The molecular weight excluding hydrogens is 262 g/mol. The Labute approximate surface area is 116 Å². The Bertz CT molecular complexity index is 540. The number of hydrogen-bond donors (Lipinski definition) is 3. The molecule has 0 atom stereocenters. The van der Waals surface area contributed by atoms with Crippen LogP contribution in [0.4, 0.5) is 0 Å². The Hall–Kier alpha value is -2.44. The van der Waals surface area contributed by atoms with Gasteiger partial charge in [0.15, 0.2) is 0 Å². The molecule has 0 aliphatic heterocycles. The lowest BCUT2D eigenvalue weighted by atomic mass is 9.92. The molecular formula is C13H17N3O4. The fourth-order valence-corrected chi connectivity index (χ4v) is 1.51. The van der Waals surface area contributed by atoms with Crippen LogP contribution in [0, 0.1) is 5.41 Å². The summed E-state index contributed by atoms with van der Waals surface area (Å²) in [7, 11) is 1.52. The summed E-state index contributed by atoms with van der Waals surface area (Å²) in [6.45, 7) is 3.53. The predicted octanol–water partition coefficient (Wildman–Crippen LogP) is 0.282. The summed E-state index contributed by atoms with van der Waals surface area (Å²) in [5.41, 5.74) is -0.777. The van der Waals surface area contributed by atoms with E-state index in [4.69, 9.17) is 5.11 Å². The Morgan fingerprint density at radius 3 is 2.55 bits per heavy atom. The van der Waals surface area contributed by atoms with Crippen LogP contribution < -0.4 is 10.6 Å². The van der Waals surface area contributed by atoms with Crippen LogP contribution in [0.1, 0.15) is 34.7 Å². The quantitative estimate of drug-likeness (QED) is 0.717. The van der Waals surface area contributed by atoms with Gasteiger partial charge in [-0.25, -0.2) is 9.78 Å². The molecule has 0 saturated heterocycles. The van der Waals surface area contributed by atoms with Crippen molar-refractivity contribution in [3.05, 3.63) is 29.6 Å². The summed E-state index contributed by atoms with van der Waals surface area (Å²) in [4.78, 5) is 37.9. The molecule has 0 aromatic carbocycles. The molecule has 108 valence electrons. The molecule has 0 spiro atoms. The number of hydrogen-bond acceptors (Lipinski definition) is 4. The van der Waals surface area contributed by atoms with Crippen molar-refractivity contribution in [2.75, 3.05) is 13.6 Å². The topological polar surface area (TPSA) is 108 Å². The van der Waals surface area contributed by atoms with Crippen LogP contribution in [0.25, 0.3) is 0 Å². The number of pyridine rings is 1. The van der Waals surface area contributed by atoms with E-state index in [9.17, 15) is 14.4 Å². The van der Waals surface area contributed by atoms with Crippen LogP contribution in [-0.2, 0) is 4.79 Å². The molecule has 1 aromatic rings. The highest BCUT2D eigenvalue weighted by atomic mass is 16.4. The largest absolute Gasteiger partial charge is 0.477 e. The molecule has 1 heterocycles. The van der Waals surface area contributed by atoms with Gasteiger partial charge in [0.2, 0.25) is 5.91 Å². The van der Waals surface area contributed by atoms with E-state index in [-0.39, 0.29) is 23.7 Å². The van der Waals surface area contributed by atoms with Crippen LogP contribution in [0.3, 0.4) is 0 Å². The maximum atomic E-state index is 11.9. The number of amides is 2. The van der Waals surface area contributed by atoms with Crippen molar-refractivity contribution in [2.45, 2.75) is 13.8 Å². The van der Waals surface area contributed by atoms with Gasteiger partial charge in [0, 0.05) is 25.4 Å². The third kappa shape index (κ3) is 3.78. The minimum Gasteiger partial charge on any atom is -0.477 e. The molecule has 0 unspecified atom stereocenters. The van der Waals surface area contributed by atoms with E-state index in [0.29, 0.717) is 0 Å². The molecule has 0 fully saturated rings. The summed E-state index contributed by atoms with van der Waals surface area (Å²) in [5, 5.41) is 13.9. The maximum Gasteiger partial charge on any atom is 0.354 e. The Balaban J connectivity index is 2.75. The third-order valence-corrected chi connectivity index (χ3v) is 2.77. The monoisotopic (exact) mass is 279 g/mol. The van der Waals surface area contributed by atoms with Crippen LogP contribution in [0.15, 0.2) is 18.3 Å². The third-order valence-electron chi connectivity index (χ3n) is 2.77. The number of aromatic nitrogens is 1. The Morgan fingerprint density at radius 2 is 2.00 bits per heavy atom. The van der Waals surface area contributed by atoms with Gasteiger partial charge in [-0.3, -0.25) is 9.59 Å². The minimum absolute atomic E-state index is 0.135. The van der Waals surface area contributed by atoms with E-state index in [1.54, 1.807) is 13.8 Å². The van der Waals surface area contributed by atoms with Crippen molar-refractivity contribution < 1.29 is 19.5 Å². The zero-order chi connectivity index (χ0) is 15.3. The second kappa shape index (κ2) is 6.14. The molecule has 0 aliphatic rings. The van der Waals surface area contributed by atoms with Crippen molar-refractivity contribution in [1.82, 2.24) is 15.6 Å². The lowest BCUT2D eigenvalue weighted by Crippen LogP contribution is -2.43. The van der Waals surface area contributed by atoms with Gasteiger partial charge in [-0.05, 0) is 26.0 Å². The van der Waals surface area contributed by atoms with E-state index in [1.807, 2.05) is 0 Å². The number of carbonyl (C=O) groups is 3. The molecule has 0 bridgehead atoms. The molecule has 0 radical (unpaired) electrons. The highest BCUT2D eigenvalue weighted by Crippen LogP contribution is 2.13. The number of nitrogens with one attached hydrogen (secondary N) is 2. The molecule has 20 heavy (non-hydrogen) atoms. The van der Waals surface area contributed by atoms with Gasteiger partial charge >= 0.3 is 5.97 Å². The smallest absolute Gasteiger partial charge is 0.354 e. The van der Waals surface area contributed by atoms with Crippen LogP contribution in [-0.4, -0.2) is 41.5 Å². The second-order valence-corrected chi connectivity index (χ2v) is 4.88. The lowest BCUT2D eigenvalue weighted by molar-refractivity contribution is -0.128. The molecule has 1 rings (SSSR count). The van der Waals surface area contributed by atoms with Gasteiger partial charge in [0.1, 0.15) is 5.69 Å².